The minimum Gasteiger partial charge on any atom is -0.435 e. The summed E-state index contributed by atoms with van der Waals surface area (Å²) in [4.78, 5) is 19.8. The van der Waals surface area contributed by atoms with Crippen molar-refractivity contribution in [1.82, 2.24) is 4.98 Å². The molecule has 5 nitrogen and oxygen atoms in total. The maximum absolute atomic E-state index is 11.0. The predicted molar refractivity (Wildman–Crippen MR) is 67.4 cm³/mol. The number of oxazole rings is 1. The molecule has 1 aliphatic rings. The van der Waals surface area contributed by atoms with Crippen LogP contribution in [0.25, 0.3) is 0 Å². The van der Waals surface area contributed by atoms with Gasteiger partial charge in [0.1, 0.15) is 0 Å². The van der Waals surface area contributed by atoms with E-state index in [4.69, 9.17) is 10.2 Å². The molecule has 2 heterocycles. The molecule has 0 aromatic carbocycles. The molecule has 0 radical (unpaired) electrons. The van der Waals surface area contributed by atoms with Crippen LogP contribution in [0.5, 0.6) is 0 Å². The Bertz CT molecular complexity index is 467. The van der Waals surface area contributed by atoms with Gasteiger partial charge in [-0.2, -0.15) is 0 Å². The maximum Gasteiger partial charge on any atom is 0.286 e. The van der Waals surface area contributed by atoms with Crippen LogP contribution in [-0.4, -0.2) is 27.7 Å². The standard InChI is InChI=1S/C11H15N3O2S/c1-3-7-5-17-9(14-7)4-8-13-6(2)10(16-8)11(12)15/h7H,3-5H2,1-2H3,(H2,12,15). The summed E-state index contributed by atoms with van der Waals surface area (Å²) in [7, 11) is 0. The molecule has 92 valence electrons. The van der Waals surface area contributed by atoms with Crippen molar-refractivity contribution in [3.8, 4) is 0 Å². The summed E-state index contributed by atoms with van der Waals surface area (Å²) in [5, 5.41) is 1.02. The zero-order chi connectivity index (χ0) is 12.4. The van der Waals surface area contributed by atoms with Crippen LogP contribution < -0.4 is 5.73 Å². The van der Waals surface area contributed by atoms with Gasteiger partial charge in [-0.25, -0.2) is 4.98 Å². The van der Waals surface area contributed by atoms with Gasteiger partial charge in [0, 0.05) is 5.75 Å². The lowest BCUT2D eigenvalue weighted by molar-refractivity contribution is 0.0971. The molecule has 0 aliphatic carbocycles. The van der Waals surface area contributed by atoms with Crippen molar-refractivity contribution in [2.45, 2.75) is 32.7 Å². The van der Waals surface area contributed by atoms with Gasteiger partial charge in [0.2, 0.25) is 11.7 Å². The number of thioether (sulfide) groups is 1. The summed E-state index contributed by atoms with van der Waals surface area (Å²) < 4.78 is 5.33. The van der Waals surface area contributed by atoms with Crippen molar-refractivity contribution in [2.75, 3.05) is 5.75 Å². The molecule has 1 unspecified atom stereocenters. The van der Waals surface area contributed by atoms with E-state index in [0.29, 0.717) is 24.0 Å². The Morgan fingerprint density at radius 2 is 2.41 bits per heavy atom. The second kappa shape index (κ2) is 4.91. The van der Waals surface area contributed by atoms with E-state index in [1.54, 1.807) is 18.7 Å². The molecule has 2 N–H and O–H groups in total. The Balaban J connectivity index is 2.10. The van der Waals surface area contributed by atoms with Crippen LogP contribution >= 0.6 is 11.8 Å². The number of amides is 1. The van der Waals surface area contributed by atoms with E-state index in [1.165, 1.54) is 0 Å². The number of hydrogen-bond acceptors (Lipinski definition) is 5. The second-order valence-corrected chi connectivity index (χ2v) is 5.05. The summed E-state index contributed by atoms with van der Waals surface area (Å²) in [6.07, 6.45) is 1.60. The van der Waals surface area contributed by atoms with Crippen molar-refractivity contribution >= 4 is 22.7 Å². The Morgan fingerprint density at radius 1 is 1.65 bits per heavy atom. The molecule has 1 aromatic heterocycles. The SMILES string of the molecule is CCC1CSC(Cc2nc(C)c(C(N)=O)o2)=N1. The number of aliphatic imine (C=N–C) groups is 1. The van der Waals surface area contributed by atoms with Gasteiger partial charge in [0.25, 0.3) is 5.91 Å². The van der Waals surface area contributed by atoms with E-state index in [1.807, 2.05) is 0 Å². The van der Waals surface area contributed by atoms with Crippen molar-refractivity contribution < 1.29 is 9.21 Å². The summed E-state index contributed by atoms with van der Waals surface area (Å²) in [5.74, 6) is 1.11. The second-order valence-electron chi connectivity index (χ2n) is 3.96. The smallest absolute Gasteiger partial charge is 0.286 e. The fourth-order valence-corrected chi connectivity index (χ4v) is 2.81. The summed E-state index contributed by atoms with van der Waals surface area (Å²) >= 11 is 1.73. The van der Waals surface area contributed by atoms with Gasteiger partial charge in [-0.05, 0) is 13.3 Å². The van der Waals surface area contributed by atoms with E-state index in [-0.39, 0.29) is 5.76 Å². The molecule has 0 bridgehead atoms. The predicted octanol–water partition coefficient (Wildman–Crippen LogP) is 1.55. The summed E-state index contributed by atoms with van der Waals surface area (Å²) in [5.41, 5.74) is 5.72. The largest absolute Gasteiger partial charge is 0.435 e. The third-order valence-corrected chi connectivity index (χ3v) is 3.74. The lowest BCUT2D eigenvalue weighted by Gasteiger charge is -1.96. The lowest BCUT2D eigenvalue weighted by atomic mass is 10.3. The monoisotopic (exact) mass is 253 g/mol. The molecular weight excluding hydrogens is 238 g/mol. The number of rotatable bonds is 4. The molecule has 0 fully saturated rings. The zero-order valence-electron chi connectivity index (χ0n) is 9.90. The average Bonchev–Trinajstić information content (AvgIpc) is 2.85. The van der Waals surface area contributed by atoms with Gasteiger partial charge in [-0.3, -0.25) is 9.79 Å². The van der Waals surface area contributed by atoms with Crippen LogP contribution in [0.2, 0.25) is 0 Å². The summed E-state index contributed by atoms with van der Waals surface area (Å²) in [6, 6.07) is 0.404. The minimum atomic E-state index is -0.575. The molecule has 1 aliphatic heterocycles. The van der Waals surface area contributed by atoms with Gasteiger partial charge in [0.15, 0.2) is 0 Å². The molecule has 0 saturated carbocycles. The molecule has 2 rings (SSSR count). The quantitative estimate of drug-likeness (QED) is 0.882. The van der Waals surface area contributed by atoms with Crippen LogP contribution in [0.1, 0.15) is 35.5 Å². The Labute approximate surface area is 104 Å². The van der Waals surface area contributed by atoms with Crippen LogP contribution in [0.4, 0.5) is 0 Å². The summed E-state index contributed by atoms with van der Waals surface area (Å²) in [6.45, 7) is 3.84. The lowest BCUT2D eigenvalue weighted by Crippen LogP contribution is -2.11. The first-order valence-corrected chi connectivity index (χ1v) is 6.54. The first-order valence-electron chi connectivity index (χ1n) is 5.55. The van der Waals surface area contributed by atoms with Gasteiger partial charge in [-0.1, -0.05) is 6.92 Å². The van der Waals surface area contributed by atoms with Gasteiger partial charge in [-0.15, -0.1) is 11.8 Å². The number of hydrogen-bond donors (Lipinski definition) is 1. The van der Waals surface area contributed by atoms with E-state index >= 15 is 0 Å². The fraction of sp³-hybridized carbons (Fsp3) is 0.545. The number of carbonyl (C=O) groups excluding carboxylic acids is 1. The highest BCUT2D eigenvalue weighted by atomic mass is 32.2. The Morgan fingerprint density at radius 3 is 2.94 bits per heavy atom. The highest BCUT2D eigenvalue weighted by molar-refractivity contribution is 8.14. The van der Waals surface area contributed by atoms with Crippen molar-refractivity contribution in [1.29, 1.82) is 0 Å². The topological polar surface area (TPSA) is 81.5 Å². The molecule has 0 saturated heterocycles. The molecule has 1 amide bonds. The number of aromatic nitrogens is 1. The molecule has 0 spiro atoms. The average molecular weight is 253 g/mol. The van der Waals surface area contributed by atoms with Crippen LogP contribution in [0.15, 0.2) is 9.41 Å². The van der Waals surface area contributed by atoms with E-state index in [0.717, 1.165) is 17.2 Å². The van der Waals surface area contributed by atoms with Gasteiger partial charge >= 0.3 is 0 Å². The first-order chi connectivity index (χ1) is 8.10. The number of aryl methyl sites for hydroxylation is 1. The third kappa shape index (κ3) is 2.69. The molecule has 6 heteroatoms. The Hall–Kier alpha value is -1.30. The van der Waals surface area contributed by atoms with Crippen molar-refractivity contribution in [3.63, 3.8) is 0 Å². The highest BCUT2D eigenvalue weighted by Gasteiger charge is 2.20. The van der Waals surface area contributed by atoms with Crippen LogP contribution in [0.3, 0.4) is 0 Å². The number of carbonyl (C=O) groups is 1. The number of nitrogens with zero attached hydrogens (tertiary/aromatic N) is 2. The normalized spacial score (nSPS) is 19.4. The number of nitrogens with two attached hydrogens (primary N) is 1. The highest BCUT2D eigenvalue weighted by Crippen LogP contribution is 2.23. The number of primary amides is 1. The fourth-order valence-electron chi connectivity index (χ4n) is 1.66. The third-order valence-electron chi connectivity index (χ3n) is 2.61. The van der Waals surface area contributed by atoms with Crippen molar-refractivity contribution in [3.05, 3.63) is 17.3 Å². The minimum absolute atomic E-state index is 0.149. The van der Waals surface area contributed by atoms with E-state index in [9.17, 15) is 4.79 Å². The molecule has 17 heavy (non-hydrogen) atoms. The first kappa shape index (κ1) is 12.2. The zero-order valence-corrected chi connectivity index (χ0v) is 10.7. The van der Waals surface area contributed by atoms with Gasteiger partial charge in [0.05, 0.1) is 23.2 Å². The van der Waals surface area contributed by atoms with Crippen LogP contribution in [0, 0.1) is 6.92 Å². The van der Waals surface area contributed by atoms with Crippen LogP contribution in [-0.2, 0) is 6.42 Å². The van der Waals surface area contributed by atoms with Crippen molar-refractivity contribution in [2.24, 2.45) is 10.7 Å². The molecule has 1 atom stereocenters. The van der Waals surface area contributed by atoms with Gasteiger partial charge < -0.3 is 10.2 Å². The van der Waals surface area contributed by atoms with E-state index < -0.39 is 5.91 Å². The Kier molecular flexibility index (Phi) is 3.51. The molecular formula is C11H15N3O2S. The maximum atomic E-state index is 11.0. The van der Waals surface area contributed by atoms with E-state index in [2.05, 4.69) is 16.9 Å². The molecule has 1 aromatic rings.